The van der Waals surface area contributed by atoms with Gasteiger partial charge < -0.3 is 0 Å². The van der Waals surface area contributed by atoms with E-state index in [-0.39, 0.29) is 0 Å². The lowest BCUT2D eigenvalue weighted by Crippen LogP contribution is -1.95. The predicted octanol–water partition coefficient (Wildman–Crippen LogP) is 12.9. The van der Waals surface area contributed by atoms with E-state index in [1.165, 1.54) is 26.9 Å². The van der Waals surface area contributed by atoms with E-state index in [4.69, 9.17) is 24.9 Å². The molecule has 0 amide bonds. The molecular formula is C51H29N5. The fourth-order valence-corrected chi connectivity index (χ4v) is 8.64. The summed E-state index contributed by atoms with van der Waals surface area (Å²) >= 11 is 0. The van der Waals surface area contributed by atoms with Crippen molar-refractivity contribution in [1.82, 2.24) is 24.9 Å². The van der Waals surface area contributed by atoms with Gasteiger partial charge in [0.2, 0.25) is 0 Å². The van der Waals surface area contributed by atoms with Crippen LogP contribution in [0.25, 0.3) is 121 Å². The highest BCUT2D eigenvalue weighted by atomic mass is 14.8. The lowest BCUT2D eigenvalue weighted by atomic mass is 9.91. The van der Waals surface area contributed by atoms with Crippen LogP contribution in [-0.2, 0) is 0 Å². The second-order valence-electron chi connectivity index (χ2n) is 14.4. The van der Waals surface area contributed by atoms with Gasteiger partial charge in [-0.25, -0.2) is 15.0 Å². The van der Waals surface area contributed by atoms with Crippen molar-refractivity contribution in [2.45, 2.75) is 0 Å². The predicted molar refractivity (Wildman–Crippen MR) is 232 cm³/mol. The Bertz CT molecular complexity index is 3470. The minimum Gasteiger partial charge on any atom is -0.254 e. The summed E-state index contributed by atoms with van der Waals surface area (Å²) in [5, 5.41) is 12.4. The fraction of sp³-hybridized carbons (Fsp3) is 0. The lowest BCUT2D eigenvalue weighted by Gasteiger charge is -2.16. The molecule has 5 heteroatoms. The Hall–Kier alpha value is -7.63. The normalized spacial score (nSPS) is 11.9. The molecule has 258 valence electrons. The van der Waals surface area contributed by atoms with Crippen LogP contribution in [0.15, 0.2) is 176 Å². The monoisotopic (exact) mass is 711 g/mol. The summed E-state index contributed by atoms with van der Waals surface area (Å²) in [6.45, 7) is 0. The van der Waals surface area contributed by atoms with Crippen molar-refractivity contribution in [3.05, 3.63) is 176 Å². The molecule has 5 aromatic heterocycles. The van der Waals surface area contributed by atoms with Gasteiger partial charge in [-0.05, 0) is 64.0 Å². The zero-order valence-electron chi connectivity index (χ0n) is 30.0. The number of benzene rings is 7. The summed E-state index contributed by atoms with van der Waals surface area (Å²) in [4.78, 5) is 25.8. The van der Waals surface area contributed by atoms with Crippen molar-refractivity contribution in [2.24, 2.45) is 0 Å². The van der Waals surface area contributed by atoms with Crippen molar-refractivity contribution in [2.75, 3.05) is 0 Å². The van der Waals surface area contributed by atoms with Gasteiger partial charge in [0, 0.05) is 66.8 Å². The fourth-order valence-electron chi connectivity index (χ4n) is 8.64. The summed E-state index contributed by atoms with van der Waals surface area (Å²) in [5.41, 5.74) is 10.1. The van der Waals surface area contributed by atoms with Crippen LogP contribution in [0.5, 0.6) is 0 Å². The van der Waals surface area contributed by atoms with Gasteiger partial charge in [-0.15, -0.1) is 0 Å². The zero-order chi connectivity index (χ0) is 36.7. The highest BCUT2D eigenvalue weighted by Gasteiger charge is 2.19. The molecule has 5 nitrogen and oxygen atoms in total. The molecular weight excluding hydrogens is 683 g/mol. The smallest absolute Gasteiger partial charge is 0.0972 e. The van der Waals surface area contributed by atoms with Crippen LogP contribution in [0.4, 0.5) is 0 Å². The molecule has 0 aliphatic heterocycles. The average Bonchev–Trinajstić information content (AvgIpc) is 3.28. The Labute approximate surface area is 320 Å². The molecule has 0 atom stereocenters. The standard InChI is InChI=1S/C51H29N5/c1-3-13-39-37(11-1)38-12-2-5-15-41(38)51-45(39)40-14-4-6-16-42(40)46(56-51)36-28-34(43-23-21-32-19-17-30-9-7-25-52-47(30)49(32)54-43)27-35(29-36)44-24-22-33-20-18-31-10-8-26-53-48(31)50(33)55-44/h1-29H. The number of aromatic nitrogens is 5. The Morgan fingerprint density at radius 2 is 0.714 bits per heavy atom. The highest BCUT2D eigenvalue weighted by Crippen LogP contribution is 2.42. The van der Waals surface area contributed by atoms with Crippen molar-refractivity contribution >= 4 is 86.8 Å². The summed E-state index contributed by atoms with van der Waals surface area (Å²) in [5.74, 6) is 0. The molecule has 0 aliphatic rings. The molecule has 0 aliphatic carbocycles. The minimum atomic E-state index is 0.855. The van der Waals surface area contributed by atoms with E-state index in [1.54, 1.807) is 0 Å². The topological polar surface area (TPSA) is 64.5 Å². The molecule has 0 unspecified atom stereocenters. The first-order chi connectivity index (χ1) is 27.7. The number of rotatable bonds is 3. The molecule has 0 bridgehead atoms. The molecule has 0 spiro atoms. The van der Waals surface area contributed by atoms with Gasteiger partial charge in [0.05, 0.1) is 44.7 Å². The first-order valence-corrected chi connectivity index (χ1v) is 18.8. The molecule has 0 fully saturated rings. The van der Waals surface area contributed by atoms with Crippen LogP contribution in [0.1, 0.15) is 0 Å². The third kappa shape index (κ3) is 4.64. The molecule has 0 saturated heterocycles. The van der Waals surface area contributed by atoms with Gasteiger partial charge in [-0.1, -0.05) is 121 Å². The average molecular weight is 712 g/mol. The molecule has 7 aromatic carbocycles. The maximum Gasteiger partial charge on any atom is 0.0972 e. The van der Waals surface area contributed by atoms with Crippen LogP contribution in [0, 0.1) is 0 Å². The Morgan fingerprint density at radius 3 is 1.29 bits per heavy atom. The summed E-state index contributed by atoms with van der Waals surface area (Å²) < 4.78 is 0. The quantitative estimate of drug-likeness (QED) is 0.171. The van der Waals surface area contributed by atoms with E-state index in [9.17, 15) is 0 Å². The number of pyridine rings is 5. The van der Waals surface area contributed by atoms with Gasteiger partial charge in [0.25, 0.3) is 0 Å². The Kier molecular flexibility index (Phi) is 6.56. The number of hydrogen-bond acceptors (Lipinski definition) is 5. The van der Waals surface area contributed by atoms with Crippen LogP contribution < -0.4 is 0 Å². The maximum atomic E-state index is 5.64. The Balaban J connectivity index is 1.18. The highest BCUT2D eigenvalue weighted by molar-refractivity contribution is 6.31. The summed E-state index contributed by atoms with van der Waals surface area (Å²) in [7, 11) is 0. The van der Waals surface area contributed by atoms with Crippen LogP contribution in [0.3, 0.4) is 0 Å². The zero-order valence-corrected chi connectivity index (χ0v) is 30.0. The van der Waals surface area contributed by atoms with Crippen LogP contribution >= 0.6 is 0 Å². The van der Waals surface area contributed by atoms with Crippen LogP contribution in [-0.4, -0.2) is 24.9 Å². The SMILES string of the molecule is c1cnc2c(c1)ccc1ccc(-c3cc(-c4ccc5ccc6cccnc6c5n4)cc(-c4nc5c6ccccc6c6ccccc6c5c5ccccc45)c3)nc12. The van der Waals surface area contributed by atoms with E-state index in [2.05, 4.69) is 152 Å². The van der Waals surface area contributed by atoms with Crippen molar-refractivity contribution in [3.63, 3.8) is 0 Å². The maximum absolute atomic E-state index is 5.64. The number of fused-ring (bicyclic) bond motifs is 14. The second-order valence-corrected chi connectivity index (χ2v) is 14.4. The summed E-state index contributed by atoms with van der Waals surface area (Å²) in [6.07, 6.45) is 3.67. The van der Waals surface area contributed by atoms with Gasteiger partial charge >= 0.3 is 0 Å². The third-order valence-electron chi connectivity index (χ3n) is 11.2. The van der Waals surface area contributed by atoms with Gasteiger partial charge in [-0.3, -0.25) is 9.97 Å². The molecule has 12 aromatic rings. The number of hydrogen-bond donors (Lipinski definition) is 0. The van der Waals surface area contributed by atoms with E-state index in [1.807, 2.05) is 24.5 Å². The van der Waals surface area contributed by atoms with Crippen molar-refractivity contribution < 1.29 is 0 Å². The molecule has 5 heterocycles. The third-order valence-corrected chi connectivity index (χ3v) is 11.2. The number of nitrogens with zero attached hydrogens (tertiary/aromatic N) is 5. The largest absolute Gasteiger partial charge is 0.254 e. The molecule has 0 radical (unpaired) electrons. The first kappa shape index (κ1) is 30.8. The van der Waals surface area contributed by atoms with E-state index < -0.39 is 0 Å². The van der Waals surface area contributed by atoms with E-state index in [0.717, 1.165) is 93.7 Å². The molecule has 0 N–H and O–H groups in total. The van der Waals surface area contributed by atoms with E-state index in [0.29, 0.717) is 0 Å². The molecule has 12 rings (SSSR count). The first-order valence-electron chi connectivity index (χ1n) is 18.8. The van der Waals surface area contributed by atoms with Gasteiger partial charge in [-0.2, -0.15) is 0 Å². The van der Waals surface area contributed by atoms with Crippen molar-refractivity contribution in [1.29, 1.82) is 0 Å². The second kappa shape index (κ2) is 11.9. The Morgan fingerprint density at radius 1 is 0.286 bits per heavy atom. The minimum absolute atomic E-state index is 0.855. The van der Waals surface area contributed by atoms with Gasteiger partial charge in [0.15, 0.2) is 0 Å². The summed E-state index contributed by atoms with van der Waals surface area (Å²) in [6, 6.07) is 57.7. The van der Waals surface area contributed by atoms with Gasteiger partial charge in [0.1, 0.15) is 0 Å². The molecule has 56 heavy (non-hydrogen) atoms. The van der Waals surface area contributed by atoms with Crippen LogP contribution in [0.2, 0.25) is 0 Å². The van der Waals surface area contributed by atoms with E-state index >= 15 is 0 Å². The molecule has 0 saturated carbocycles. The lowest BCUT2D eigenvalue weighted by molar-refractivity contribution is 1.35. The van der Waals surface area contributed by atoms with Crippen molar-refractivity contribution in [3.8, 4) is 33.8 Å².